The lowest BCUT2D eigenvalue weighted by Gasteiger charge is -2.32. The third-order valence-electron chi connectivity index (χ3n) is 4.35. The Morgan fingerprint density at radius 2 is 1.91 bits per heavy atom. The molecule has 3 heterocycles. The number of piperazine rings is 1. The Morgan fingerprint density at radius 1 is 1.09 bits per heavy atom. The summed E-state index contributed by atoms with van der Waals surface area (Å²) in [6.07, 6.45) is 2.53. The normalized spacial score (nSPS) is 19.4. The number of aromatic amines is 1. The Labute approximate surface area is 129 Å². The Kier molecular flexibility index (Phi) is 3.42. The fraction of sp³-hybridized carbons (Fsp3) is 0.533. The van der Waals surface area contributed by atoms with Gasteiger partial charge in [-0.25, -0.2) is 0 Å². The number of hydrogen-bond acceptors (Lipinski definition) is 6. The molecule has 0 amide bonds. The lowest BCUT2D eigenvalue weighted by molar-refractivity contribution is 0.312. The maximum absolute atomic E-state index is 4.33. The molecule has 7 heteroatoms. The second-order valence-electron chi connectivity index (χ2n) is 6.17. The van der Waals surface area contributed by atoms with Gasteiger partial charge in [0.05, 0.1) is 0 Å². The predicted octanol–water partition coefficient (Wildman–Crippen LogP) is 1.57. The third-order valence-corrected chi connectivity index (χ3v) is 4.35. The quantitative estimate of drug-likeness (QED) is 0.893. The first-order chi connectivity index (χ1) is 10.8. The van der Waals surface area contributed by atoms with Crippen molar-refractivity contribution >= 4 is 17.5 Å². The Morgan fingerprint density at radius 3 is 2.59 bits per heavy atom. The van der Waals surface area contributed by atoms with E-state index in [1.165, 1.54) is 18.5 Å². The highest BCUT2D eigenvalue weighted by atomic mass is 15.3. The zero-order valence-electron chi connectivity index (χ0n) is 12.8. The highest BCUT2D eigenvalue weighted by Gasteiger charge is 2.25. The average molecular weight is 299 g/mol. The van der Waals surface area contributed by atoms with E-state index in [0.29, 0.717) is 5.92 Å². The number of anilines is 3. The minimum atomic E-state index is 0.675. The van der Waals surface area contributed by atoms with E-state index in [0.717, 1.165) is 43.6 Å². The molecule has 1 aliphatic heterocycles. The van der Waals surface area contributed by atoms with E-state index in [2.05, 4.69) is 48.6 Å². The van der Waals surface area contributed by atoms with Gasteiger partial charge in [0.25, 0.3) is 0 Å². The smallest absolute Gasteiger partial charge is 0.154 e. The number of rotatable bonds is 4. The summed E-state index contributed by atoms with van der Waals surface area (Å²) >= 11 is 0. The van der Waals surface area contributed by atoms with Gasteiger partial charge in [-0.15, -0.1) is 10.2 Å². The molecule has 116 valence electrons. The summed E-state index contributed by atoms with van der Waals surface area (Å²) < 4.78 is 0. The van der Waals surface area contributed by atoms with Crippen LogP contribution in [0.1, 0.15) is 24.5 Å². The highest BCUT2D eigenvalue weighted by molar-refractivity contribution is 5.53. The van der Waals surface area contributed by atoms with E-state index in [4.69, 9.17) is 0 Å². The molecular weight excluding hydrogens is 278 g/mol. The summed E-state index contributed by atoms with van der Waals surface area (Å²) in [5, 5.41) is 19.2. The van der Waals surface area contributed by atoms with Crippen LogP contribution in [0.3, 0.4) is 0 Å². The zero-order chi connectivity index (χ0) is 14.9. The predicted molar refractivity (Wildman–Crippen MR) is 85.6 cm³/mol. The SMILES string of the molecule is CN1CCN(c2ccc(Nc3cc(C4CC4)[nH]n3)nn2)CC1. The third kappa shape index (κ3) is 2.89. The molecule has 4 rings (SSSR count). The van der Waals surface area contributed by atoms with Gasteiger partial charge in [0.1, 0.15) is 0 Å². The minimum absolute atomic E-state index is 0.675. The van der Waals surface area contributed by atoms with Crippen molar-refractivity contribution < 1.29 is 0 Å². The van der Waals surface area contributed by atoms with Crippen LogP contribution in [-0.2, 0) is 0 Å². The molecular formula is C15H21N7. The summed E-state index contributed by atoms with van der Waals surface area (Å²) in [5.41, 5.74) is 1.21. The summed E-state index contributed by atoms with van der Waals surface area (Å²) in [6.45, 7) is 4.14. The molecule has 1 aliphatic carbocycles. The van der Waals surface area contributed by atoms with E-state index in [1.807, 2.05) is 12.1 Å². The molecule has 2 aliphatic rings. The van der Waals surface area contributed by atoms with Gasteiger partial charge in [-0.05, 0) is 32.0 Å². The van der Waals surface area contributed by atoms with Crippen molar-refractivity contribution in [1.82, 2.24) is 25.3 Å². The van der Waals surface area contributed by atoms with E-state index in [9.17, 15) is 0 Å². The molecule has 7 nitrogen and oxygen atoms in total. The number of aromatic nitrogens is 4. The first kappa shape index (κ1) is 13.5. The van der Waals surface area contributed by atoms with Crippen molar-refractivity contribution in [3.63, 3.8) is 0 Å². The van der Waals surface area contributed by atoms with Crippen molar-refractivity contribution in [3.8, 4) is 0 Å². The topological polar surface area (TPSA) is 73.0 Å². The fourth-order valence-corrected chi connectivity index (χ4v) is 2.73. The van der Waals surface area contributed by atoms with Crippen LogP contribution < -0.4 is 10.2 Å². The van der Waals surface area contributed by atoms with Gasteiger partial charge >= 0.3 is 0 Å². The van der Waals surface area contributed by atoms with Crippen LogP contribution >= 0.6 is 0 Å². The molecule has 1 saturated carbocycles. The molecule has 2 aromatic rings. The Hall–Kier alpha value is -2.15. The van der Waals surface area contributed by atoms with Crippen LogP contribution in [0.2, 0.25) is 0 Å². The van der Waals surface area contributed by atoms with Gasteiger partial charge in [-0.1, -0.05) is 0 Å². The Balaban J connectivity index is 1.40. The number of likely N-dealkylation sites (N-methyl/N-ethyl adjacent to an activating group) is 1. The van der Waals surface area contributed by atoms with Gasteiger partial charge in [0, 0.05) is 43.9 Å². The molecule has 0 radical (unpaired) electrons. The largest absolute Gasteiger partial charge is 0.353 e. The molecule has 0 unspecified atom stereocenters. The maximum Gasteiger partial charge on any atom is 0.154 e. The van der Waals surface area contributed by atoms with E-state index in [1.54, 1.807) is 0 Å². The number of nitrogens with one attached hydrogen (secondary N) is 2. The van der Waals surface area contributed by atoms with Gasteiger partial charge in [0.15, 0.2) is 17.5 Å². The van der Waals surface area contributed by atoms with Crippen molar-refractivity contribution in [1.29, 1.82) is 0 Å². The van der Waals surface area contributed by atoms with Crippen LogP contribution in [0.4, 0.5) is 17.5 Å². The van der Waals surface area contributed by atoms with Crippen LogP contribution in [0.25, 0.3) is 0 Å². The zero-order valence-corrected chi connectivity index (χ0v) is 12.8. The lowest BCUT2D eigenvalue weighted by atomic mass is 10.3. The van der Waals surface area contributed by atoms with Gasteiger partial charge in [0.2, 0.25) is 0 Å². The van der Waals surface area contributed by atoms with Crippen molar-refractivity contribution in [3.05, 3.63) is 23.9 Å². The second kappa shape index (κ2) is 5.57. The fourth-order valence-electron chi connectivity index (χ4n) is 2.73. The first-order valence-electron chi connectivity index (χ1n) is 7.87. The van der Waals surface area contributed by atoms with Gasteiger partial charge < -0.3 is 15.1 Å². The molecule has 2 fully saturated rings. The van der Waals surface area contributed by atoms with Crippen molar-refractivity contribution in [2.75, 3.05) is 43.4 Å². The molecule has 2 N–H and O–H groups in total. The molecule has 0 aromatic carbocycles. The summed E-state index contributed by atoms with van der Waals surface area (Å²) in [4.78, 5) is 4.60. The standard InChI is InChI=1S/C15H21N7/c1-21-6-8-22(9-7-21)15-5-4-13(18-20-15)16-14-10-12(17-19-14)11-2-3-11/h4-5,10-11H,2-3,6-9H2,1H3,(H2,16,17,18,19). The van der Waals surface area contributed by atoms with Crippen molar-refractivity contribution in [2.45, 2.75) is 18.8 Å². The second-order valence-corrected chi connectivity index (χ2v) is 6.17. The first-order valence-corrected chi connectivity index (χ1v) is 7.87. The molecule has 22 heavy (non-hydrogen) atoms. The summed E-state index contributed by atoms with van der Waals surface area (Å²) in [6, 6.07) is 6.05. The molecule has 0 spiro atoms. The Bertz CT molecular complexity index is 624. The van der Waals surface area contributed by atoms with E-state index >= 15 is 0 Å². The lowest BCUT2D eigenvalue weighted by Crippen LogP contribution is -2.44. The number of H-pyrrole nitrogens is 1. The van der Waals surface area contributed by atoms with Gasteiger partial charge in [-0.3, -0.25) is 5.10 Å². The summed E-state index contributed by atoms with van der Waals surface area (Å²) in [5.74, 6) is 3.16. The van der Waals surface area contributed by atoms with E-state index < -0.39 is 0 Å². The van der Waals surface area contributed by atoms with Crippen molar-refractivity contribution in [2.24, 2.45) is 0 Å². The molecule has 1 saturated heterocycles. The average Bonchev–Trinajstić information content (AvgIpc) is 3.29. The van der Waals surface area contributed by atoms with Gasteiger partial charge in [-0.2, -0.15) is 5.10 Å². The van der Waals surface area contributed by atoms with Crippen LogP contribution in [0, 0.1) is 0 Å². The number of nitrogens with zero attached hydrogens (tertiary/aromatic N) is 5. The highest BCUT2D eigenvalue weighted by Crippen LogP contribution is 2.39. The maximum atomic E-state index is 4.33. The minimum Gasteiger partial charge on any atom is -0.353 e. The summed E-state index contributed by atoms with van der Waals surface area (Å²) in [7, 11) is 2.15. The molecule has 0 bridgehead atoms. The number of hydrogen-bond donors (Lipinski definition) is 2. The van der Waals surface area contributed by atoms with Crippen LogP contribution in [-0.4, -0.2) is 58.5 Å². The monoisotopic (exact) mass is 299 g/mol. The molecule has 0 atom stereocenters. The van der Waals surface area contributed by atoms with Crippen LogP contribution in [0.15, 0.2) is 18.2 Å². The van der Waals surface area contributed by atoms with Crippen LogP contribution in [0.5, 0.6) is 0 Å². The van der Waals surface area contributed by atoms with E-state index in [-0.39, 0.29) is 0 Å². The molecule has 2 aromatic heterocycles.